The van der Waals surface area contributed by atoms with Gasteiger partial charge in [-0.1, -0.05) is 31.5 Å². The molecule has 0 saturated carbocycles. The molecule has 172 valence electrons. The minimum absolute atomic E-state index is 0.0226. The van der Waals surface area contributed by atoms with Crippen molar-refractivity contribution in [2.24, 2.45) is 18.9 Å². The number of nitrogens with one attached hydrogen (secondary N) is 1. The summed E-state index contributed by atoms with van der Waals surface area (Å²) in [5.74, 6) is 1.34. The van der Waals surface area contributed by atoms with Crippen LogP contribution in [0.4, 0.5) is 11.4 Å². The Balaban J connectivity index is 1.51. The number of hydrogen-bond donors (Lipinski definition) is 1. The fraction of sp³-hybridized carbons (Fsp3) is 0.385. The summed E-state index contributed by atoms with van der Waals surface area (Å²) in [6.07, 6.45) is 7.32. The number of aryl methyl sites for hydroxylation is 1. The molecule has 2 aliphatic heterocycles. The molecule has 0 aliphatic carbocycles. The Morgan fingerprint density at radius 3 is 2.52 bits per heavy atom. The van der Waals surface area contributed by atoms with Crippen molar-refractivity contribution >= 4 is 40.3 Å². The summed E-state index contributed by atoms with van der Waals surface area (Å²) in [6.45, 7) is 6.73. The molecule has 4 atom stereocenters. The van der Waals surface area contributed by atoms with Gasteiger partial charge in [-0.15, -0.1) is 0 Å². The molecule has 2 aromatic heterocycles. The van der Waals surface area contributed by atoms with Gasteiger partial charge in [0.2, 0.25) is 0 Å². The highest BCUT2D eigenvalue weighted by atomic mass is 35.5. The molecule has 5 nitrogen and oxygen atoms in total. The van der Waals surface area contributed by atoms with Crippen molar-refractivity contribution < 1.29 is 0 Å². The number of halogens is 1. The highest BCUT2D eigenvalue weighted by Gasteiger charge is 2.41. The first-order valence-electron chi connectivity index (χ1n) is 11.6. The van der Waals surface area contributed by atoms with Crippen LogP contribution in [0.25, 0.3) is 0 Å². The van der Waals surface area contributed by atoms with Gasteiger partial charge in [0.05, 0.1) is 28.5 Å². The molecular formula is C26H30ClN5S. The Kier molecular flexibility index (Phi) is 6.06. The van der Waals surface area contributed by atoms with Crippen molar-refractivity contribution in [3.8, 4) is 0 Å². The molecule has 0 amide bonds. The van der Waals surface area contributed by atoms with Gasteiger partial charge in [-0.3, -0.25) is 4.98 Å². The Hall–Kier alpha value is -2.57. The number of aromatic nitrogens is 2. The van der Waals surface area contributed by atoms with Gasteiger partial charge < -0.3 is 19.7 Å². The topological polar surface area (TPSA) is 36.3 Å². The third-order valence-electron chi connectivity index (χ3n) is 6.71. The number of hydrogen-bond acceptors (Lipinski definition) is 3. The zero-order chi connectivity index (χ0) is 23.1. The second-order valence-electron chi connectivity index (χ2n) is 9.59. The average molecular weight is 480 g/mol. The van der Waals surface area contributed by atoms with Gasteiger partial charge in [0.25, 0.3) is 0 Å². The maximum Gasteiger partial charge on any atom is 0.174 e. The first kappa shape index (κ1) is 22.2. The normalized spacial score (nSPS) is 25.4. The maximum atomic E-state index is 6.89. The molecule has 7 heteroatoms. The predicted molar refractivity (Wildman–Crippen MR) is 140 cm³/mol. The first-order chi connectivity index (χ1) is 15.9. The second-order valence-corrected chi connectivity index (χ2v) is 10.4. The molecule has 2 saturated heterocycles. The molecule has 3 aromatic rings. The fourth-order valence-corrected chi connectivity index (χ4v) is 6.07. The molecule has 1 aromatic carbocycles. The van der Waals surface area contributed by atoms with E-state index >= 15 is 0 Å². The van der Waals surface area contributed by atoms with E-state index in [-0.39, 0.29) is 12.1 Å². The van der Waals surface area contributed by atoms with Gasteiger partial charge >= 0.3 is 0 Å². The molecule has 2 aliphatic rings. The van der Waals surface area contributed by atoms with E-state index in [4.69, 9.17) is 23.8 Å². The van der Waals surface area contributed by atoms with Crippen LogP contribution in [-0.4, -0.2) is 27.8 Å². The summed E-state index contributed by atoms with van der Waals surface area (Å²) in [7, 11) is 2.04. The van der Waals surface area contributed by atoms with Crippen LogP contribution in [0.2, 0.25) is 5.02 Å². The number of rotatable bonds is 4. The summed E-state index contributed by atoms with van der Waals surface area (Å²) in [5, 5.41) is 4.97. The van der Waals surface area contributed by atoms with Gasteiger partial charge in [0.15, 0.2) is 5.11 Å². The van der Waals surface area contributed by atoms with Crippen LogP contribution in [0.15, 0.2) is 61.1 Å². The van der Waals surface area contributed by atoms with Crippen molar-refractivity contribution in [3.05, 3.63) is 77.3 Å². The summed E-state index contributed by atoms with van der Waals surface area (Å²) in [4.78, 5) is 9.23. The molecular weight excluding hydrogens is 450 g/mol. The number of nitrogens with zero attached hydrogens (tertiary/aromatic N) is 4. The highest BCUT2D eigenvalue weighted by Crippen LogP contribution is 2.43. The fourth-order valence-electron chi connectivity index (χ4n) is 5.43. The van der Waals surface area contributed by atoms with Crippen LogP contribution in [0.1, 0.15) is 43.6 Å². The summed E-state index contributed by atoms with van der Waals surface area (Å²) < 4.78 is 2.07. The van der Waals surface area contributed by atoms with Gasteiger partial charge in [-0.25, -0.2) is 0 Å². The SMILES string of the molecule is C[C@@H]1C[C@H](C)CN(c2ccc(N3C(=S)N[C@H](c4ccccn4)[C@@H]3c3ccn(C)c3)cc2Cl)C1. The lowest BCUT2D eigenvalue weighted by Gasteiger charge is -2.37. The maximum absolute atomic E-state index is 6.89. The van der Waals surface area contributed by atoms with Crippen molar-refractivity contribution in [2.75, 3.05) is 22.9 Å². The molecule has 5 rings (SSSR count). The van der Waals surface area contributed by atoms with E-state index in [2.05, 4.69) is 81.2 Å². The third kappa shape index (κ3) is 4.34. The van der Waals surface area contributed by atoms with Crippen LogP contribution in [0.3, 0.4) is 0 Å². The van der Waals surface area contributed by atoms with Gasteiger partial charge in [-0.05, 0) is 72.4 Å². The monoisotopic (exact) mass is 479 g/mol. The number of thiocarbonyl (C=S) groups is 1. The predicted octanol–water partition coefficient (Wildman–Crippen LogP) is 5.73. The lowest BCUT2D eigenvalue weighted by atomic mass is 9.91. The van der Waals surface area contributed by atoms with Crippen LogP contribution >= 0.6 is 23.8 Å². The lowest BCUT2D eigenvalue weighted by molar-refractivity contribution is 0.357. The third-order valence-corrected chi connectivity index (χ3v) is 7.33. The Morgan fingerprint density at radius 2 is 1.88 bits per heavy atom. The smallest absolute Gasteiger partial charge is 0.174 e. The molecule has 0 unspecified atom stereocenters. The van der Waals surface area contributed by atoms with Crippen molar-refractivity contribution in [1.29, 1.82) is 0 Å². The number of piperidine rings is 1. The van der Waals surface area contributed by atoms with Crippen LogP contribution in [0.5, 0.6) is 0 Å². The number of benzene rings is 1. The molecule has 4 heterocycles. The number of anilines is 2. The first-order valence-corrected chi connectivity index (χ1v) is 12.4. The van der Waals surface area contributed by atoms with Crippen LogP contribution in [0, 0.1) is 11.8 Å². The minimum atomic E-state index is -0.0525. The Morgan fingerprint density at radius 1 is 1.09 bits per heavy atom. The lowest BCUT2D eigenvalue weighted by Crippen LogP contribution is -2.38. The zero-order valence-electron chi connectivity index (χ0n) is 19.3. The van der Waals surface area contributed by atoms with Crippen LogP contribution in [-0.2, 0) is 7.05 Å². The minimum Gasteiger partial charge on any atom is -0.370 e. The van der Waals surface area contributed by atoms with Crippen LogP contribution < -0.4 is 15.1 Å². The van der Waals surface area contributed by atoms with Crippen molar-refractivity contribution in [1.82, 2.24) is 14.9 Å². The molecule has 1 N–H and O–H groups in total. The van der Waals surface area contributed by atoms with Crippen molar-refractivity contribution in [2.45, 2.75) is 32.4 Å². The van der Waals surface area contributed by atoms with E-state index in [1.54, 1.807) is 0 Å². The molecule has 0 radical (unpaired) electrons. The second kappa shape index (κ2) is 8.99. The van der Waals surface area contributed by atoms with E-state index in [1.165, 1.54) is 12.0 Å². The van der Waals surface area contributed by atoms with E-state index in [9.17, 15) is 0 Å². The standard InChI is InChI=1S/C26H30ClN5S/c1-17-12-18(2)15-31(14-17)23-8-7-20(13-21(23)27)32-25(19-9-11-30(3)16-19)24(29-26(32)33)22-6-4-5-10-28-22/h4-11,13,16-18,24-25H,12,14-15H2,1-3H3,(H,29,33)/t17-,18+,24-,25+/m1/s1. The summed E-state index contributed by atoms with van der Waals surface area (Å²) >= 11 is 12.7. The molecule has 0 bridgehead atoms. The van der Waals surface area contributed by atoms with Gasteiger partial charge in [0.1, 0.15) is 0 Å². The Bertz CT molecular complexity index is 1140. The largest absolute Gasteiger partial charge is 0.370 e. The highest BCUT2D eigenvalue weighted by molar-refractivity contribution is 7.80. The molecule has 2 fully saturated rings. The Labute approximate surface area is 206 Å². The number of pyridine rings is 1. The van der Waals surface area contributed by atoms with E-state index < -0.39 is 0 Å². The molecule has 33 heavy (non-hydrogen) atoms. The quantitative estimate of drug-likeness (QED) is 0.483. The van der Waals surface area contributed by atoms with Gasteiger partial charge in [0, 0.05) is 44.4 Å². The van der Waals surface area contributed by atoms with Crippen molar-refractivity contribution in [3.63, 3.8) is 0 Å². The van der Waals surface area contributed by atoms with E-state index in [0.717, 1.165) is 35.2 Å². The summed E-state index contributed by atoms with van der Waals surface area (Å²) in [5.41, 5.74) is 4.25. The average Bonchev–Trinajstić information content (AvgIpc) is 3.36. The van der Waals surface area contributed by atoms with E-state index in [1.807, 2.05) is 25.4 Å². The molecule has 0 spiro atoms. The van der Waals surface area contributed by atoms with Gasteiger partial charge in [-0.2, -0.15) is 0 Å². The zero-order valence-corrected chi connectivity index (χ0v) is 20.9. The van der Waals surface area contributed by atoms with E-state index in [0.29, 0.717) is 16.9 Å². The summed E-state index contributed by atoms with van der Waals surface area (Å²) in [6, 6.07) is 14.4.